The van der Waals surface area contributed by atoms with Crippen molar-refractivity contribution >= 4 is 11.3 Å². The molecule has 0 bridgehead atoms. The first-order valence-electron chi connectivity index (χ1n) is 3.54. The fourth-order valence-corrected chi connectivity index (χ4v) is 1.94. The zero-order chi connectivity index (χ0) is 6.97. The summed E-state index contributed by atoms with van der Waals surface area (Å²) in [5.74, 6) is 0.783. The van der Waals surface area contributed by atoms with Gasteiger partial charge in [0.1, 0.15) is 0 Å². The van der Waals surface area contributed by atoms with Crippen LogP contribution in [0.5, 0.6) is 0 Å². The molecule has 2 rings (SSSR count). The summed E-state index contributed by atoms with van der Waals surface area (Å²) in [4.78, 5) is 4.38. The Hall–Kier alpha value is -0.410. The lowest BCUT2D eigenvalue weighted by Gasteiger charge is -1.85. The van der Waals surface area contributed by atoms with E-state index >= 15 is 0 Å². The van der Waals surface area contributed by atoms with Crippen molar-refractivity contribution in [3.8, 4) is 0 Å². The van der Waals surface area contributed by atoms with E-state index in [-0.39, 0.29) is 0 Å². The van der Waals surface area contributed by atoms with Gasteiger partial charge in [0.05, 0.1) is 10.7 Å². The summed E-state index contributed by atoms with van der Waals surface area (Å²) in [6.07, 6.45) is 2.66. The van der Waals surface area contributed by atoms with Gasteiger partial charge in [0.2, 0.25) is 0 Å². The van der Waals surface area contributed by atoms with Crippen LogP contribution in [0, 0.1) is 0 Å². The van der Waals surface area contributed by atoms with Crippen LogP contribution in [0.25, 0.3) is 0 Å². The van der Waals surface area contributed by atoms with Crippen molar-refractivity contribution < 1.29 is 0 Å². The van der Waals surface area contributed by atoms with Gasteiger partial charge in [0.25, 0.3) is 0 Å². The van der Waals surface area contributed by atoms with Gasteiger partial charge in [-0.3, -0.25) is 0 Å². The van der Waals surface area contributed by atoms with Crippen LogP contribution in [-0.4, -0.2) is 4.98 Å². The number of nitrogens with zero attached hydrogens (tertiary/aromatic N) is 1. The molecule has 1 fully saturated rings. The van der Waals surface area contributed by atoms with Crippen LogP contribution in [0.2, 0.25) is 0 Å². The maximum atomic E-state index is 5.43. The number of hydrogen-bond acceptors (Lipinski definition) is 3. The summed E-state index contributed by atoms with van der Waals surface area (Å²) in [5.41, 5.74) is 6.48. The Morgan fingerprint density at radius 2 is 2.50 bits per heavy atom. The lowest BCUT2D eigenvalue weighted by atomic mass is 10.4. The molecule has 3 heteroatoms. The largest absolute Gasteiger partial charge is 0.325 e. The number of hydrogen-bond donors (Lipinski definition) is 1. The van der Waals surface area contributed by atoms with E-state index in [1.807, 2.05) is 0 Å². The van der Waals surface area contributed by atoms with Crippen LogP contribution in [0.4, 0.5) is 0 Å². The molecule has 0 atom stereocenters. The maximum Gasteiger partial charge on any atom is 0.0959 e. The molecule has 1 saturated carbocycles. The predicted octanol–water partition coefficient (Wildman–Crippen LogP) is 1.48. The minimum Gasteiger partial charge on any atom is -0.325 e. The minimum atomic E-state index is 0.587. The fourth-order valence-electron chi connectivity index (χ4n) is 0.934. The number of nitrogens with two attached hydrogens (primary N) is 1. The van der Waals surface area contributed by atoms with Gasteiger partial charge in [-0.05, 0) is 12.8 Å². The van der Waals surface area contributed by atoms with Gasteiger partial charge in [-0.25, -0.2) is 4.98 Å². The van der Waals surface area contributed by atoms with E-state index in [1.165, 1.54) is 17.8 Å². The van der Waals surface area contributed by atoms with E-state index < -0.39 is 0 Å². The molecule has 2 N–H and O–H groups in total. The van der Waals surface area contributed by atoms with Crippen LogP contribution in [-0.2, 0) is 6.54 Å². The van der Waals surface area contributed by atoms with Gasteiger partial charge in [-0.2, -0.15) is 0 Å². The summed E-state index contributed by atoms with van der Waals surface area (Å²) in [6, 6.07) is 0. The van der Waals surface area contributed by atoms with Gasteiger partial charge < -0.3 is 5.73 Å². The zero-order valence-electron chi connectivity index (χ0n) is 5.71. The molecule has 54 valence electrons. The number of thiazole rings is 1. The van der Waals surface area contributed by atoms with E-state index in [4.69, 9.17) is 5.73 Å². The summed E-state index contributed by atoms with van der Waals surface area (Å²) in [5, 5.41) is 3.36. The molecule has 0 spiro atoms. The molecule has 10 heavy (non-hydrogen) atoms. The summed E-state index contributed by atoms with van der Waals surface area (Å²) < 4.78 is 0. The van der Waals surface area contributed by atoms with Gasteiger partial charge >= 0.3 is 0 Å². The molecule has 0 aromatic carbocycles. The van der Waals surface area contributed by atoms with Gasteiger partial charge in [-0.1, -0.05) is 0 Å². The number of rotatable bonds is 2. The van der Waals surface area contributed by atoms with E-state index in [0.717, 1.165) is 11.6 Å². The zero-order valence-corrected chi connectivity index (χ0v) is 6.53. The maximum absolute atomic E-state index is 5.43. The smallest absolute Gasteiger partial charge is 0.0959 e. The summed E-state index contributed by atoms with van der Waals surface area (Å²) in [6.45, 7) is 0.587. The van der Waals surface area contributed by atoms with E-state index in [9.17, 15) is 0 Å². The average Bonchev–Trinajstić information content (AvgIpc) is 2.70. The molecule has 1 aliphatic carbocycles. The third-order valence-corrected chi connectivity index (χ3v) is 2.76. The third kappa shape index (κ3) is 1.07. The Morgan fingerprint density at radius 1 is 1.70 bits per heavy atom. The van der Waals surface area contributed by atoms with Crippen molar-refractivity contribution in [2.45, 2.75) is 25.3 Å². The SMILES string of the molecule is NCc1csc(C2CC2)n1. The van der Waals surface area contributed by atoms with Crippen molar-refractivity contribution in [2.24, 2.45) is 5.73 Å². The Morgan fingerprint density at radius 3 is 3.00 bits per heavy atom. The first kappa shape index (κ1) is 6.31. The third-order valence-electron chi connectivity index (χ3n) is 1.71. The highest BCUT2D eigenvalue weighted by atomic mass is 32.1. The van der Waals surface area contributed by atoms with E-state index in [0.29, 0.717) is 6.54 Å². The van der Waals surface area contributed by atoms with Crippen LogP contribution < -0.4 is 5.73 Å². The van der Waals surface area contributed by atoms with Crippen LogP contribution >= 0.6 is 11.3 Å². The Bertz CT molecular complexity index is 227. The molecule has 2 nitrogen and oxygen atoms in total. The summed E-state index contributed by atoms with van der Waals surface area (Å²) >= 11 is 1.75. The second-order valence-electron chi connectivity index (χ2n) is 2.66. The molecule has 0 amide bonds. The first-order chi connectivity index (χ1) is 4.90. The lowest BCUT2D eigenvalue weighted by molar-refractivity contribution is 0.968. The van der Waals surface area contributed by atoms with Crippen LogP contribution in [0.3, 0.4) is 0 Å². The lowest BCUT2D eigenvalue weighted by Crippen LogP contribution is -1.95. The molecule has 1 aromatic rings. The van der Waals surface area contributed by atoms with Crippen molar-refractivity contribution in [1.29, 1.82) is 0 Å². The molecule has 0 aliphatic heterocycles. The van der Waals surface area contributed by atoms with Crippen molar-refractivity contribution in [2.75, 3.05) is 0 Å². The Labute approximate surface area is 64.1 Å². The van der Waals surface area contributed by atoms with Crippen LogP contribution in [0.15, 0.2) is 5.38 Å². The average molecular weight is 154 g/mol. The second-order valence-corrected chi connectivity index (χ2v) is 3.55. The molecular formula is C7H10N2S. The van der Waals surface area contributed by atoms with Gasteiger partial charge in [-0.15, -0.1) is 11.3 Å². The first-order valence-corrected chi connectivity index (χ1v) is 4.42. The quantitative estimate of drug-likeness (QED) is 0.700. The highest BCUT2D eigenvalue weighted by Crippen LogP contribution is 2.41. The Kier molecular flexibility index (Phi) is 1.47. The van der Waals surface area contributed by atoms with Crippen molar-refractivity contribution in [3.05, 3.63) is 16.1 Å². The molecule has 0 unspecified atom stereocenters. The monoisotopic (exact) mass is 154 g/mol. The predicted molar refractivity (Wildman–Crippen MR) is 42.0 cm³/mol. The minimum absolute atomic E-state index is 0.587. The standard InChI is InChI=1S/C7H10N2S/c8-3-6-4-10-7(9-6)5-1-2-5/h4-5H,1-3,8H2. The van der Waals surface area contributed by atoms with Crippen molar-refractivity contribution in [1.82, 2.24) is 4.98 Å². The van der Waals surface area contributed by atoms with Crippen LogP contribution in [0.1, 0.15) is 29.5 Å². The summed E-state index contributed by atoms with van der Waals surface area (Å²) in [7, 11) is 0. The highest BCUT2D eigenvalue weighted by molar-refractivity contribution is 7.09. The molecule has 1 aromatic heterocycles. The second kappa shape index (κ2) is 2.32. The molecule has 0 radical (unpaired) electrons. The normalized spacial score (nSPS) is 17.7. The molecule has 0 saturated heterocycles. The number of aromatic nitrogens is 1. The van der Waals surface area contributed by atoms with Gasteiger partial charge in [0.15, 0.2) is 0 Å². The van der Waals surface area contributed by atoms with E-state index in [2.05, 4.69) is 10.4 Å². The topological polar surface area (TPSA) is 38.9 Å². The van der Waals surface area contributed by atoms with Gasteiger partial charge in [0, 0.05) is 17.8 Å². The molecule has 1 heterocycles. The van der Waals surface area contributed by atoms with Crippen molar-refractivity contribution in [3.63, 3.8) is 0 Å². The van der Waals surface area contributed by atoms with E-state index in [1.54, 1.807) is 11.3 Å². The highest BCUT2D eigenvalue weighted by Gasteiger charge is 2.26. The molecular weight excluding hydrogens is 144 g/mol. The fraction of sp³-hybridized carbons (Fsp3) is 0.571. The molecule has 1 aliphatic rings. The Balaban J connectivity index is 2.19.